The molecule has 0 aromatic heterocycles. The maximum Gasteiger partial charge on any atom is 0.471 e. The molecule has 178 valence electrons. The lowest BCUT2D eigenvalue weighted by Crippen LogP contribution is -2.68. The topological polar surface area (TPSA) is 72.9 Å². The number of benzene rings is 2. The van der Waals surface area contributed by atoms with Crippen LogP contribution in [-0.4, -0.2) is 38.2 Å². The fourth-order valence-corrected chi connectivity index (χ4v) is 6.92. The highest BCUT2D eigenvalue weighted by molar-refractivity contribution is 6.05. The van der Waals surface area contributed by atoms with Crippen LogP contribution < -0.4 is 4.90 Å². The minimum atomic E-state index is -5.12. The molecule has 0 saturated heterocycles. The van der Waals surface area contributed by atoms with Crippen LogP contribution in [-0.2, 0) is 34.8 Å². The van der Waals surface area contributed by atoms with Crippen LogP contribution in [0.2, 0.25) is 0 Å². The Bertz CT molecular complexity index is 1180. The number of para-hydroxylation sites is 1. The molecule has 5 rings (SSSR count). The standard InChI is InChI=1S/C25H22F3NO5/c1-33-20(31)22(21(32)34-2)12-16-13-24(15-8-4-3-5-9-15)23(16,14-22)17-10-6-7-11-18(17)29(24)19(30)25(26,27)28/h3-11,16H,12-14H2,1-2H3/t16-,23-,24+/m1/s1. The number of nitrogens with zero attached hydrogens (tertiary/aromatic N) is 1. The molecule has 2 aliphatic carbocycles. The fraction of sp³-hybridized carbons (Fsp3) is 0.400. The third kappa shape index (κ3) is 2.44. The highest BCUT2D eigenvalue weighted by atomic mass is 19.4. The summed E-state index contributed by atoms with van der Waals surface area (Å²) in [5.41, 5.74) is -3.03. The molecular formula is C25H22F3NO5. The third-order valence-electron chi connectivity index (χ3n) is 8.01. The molecule has 2 saturated carbocycles. The maximum absolute atomic E-state index is 13.9. The molecular weight excluding hydrogens is 451 g/mol. The van der Waals surface area contributed by atoms with E-state index in [0.29, 0.717) is 11.1 Å². The molecule has 1 aliphatic heterocycles. The van der Waals surface area contributed by atoms with Gasteiger partial charge in [0.1, 0.15) is 0 Å². The Morgan fingerprint density at radius 3 is 2.09 bits per heavy atom. The molecule has 0 bridgehead atoms. The smallest absolute Gasteiger partial charge is 0.468 e. The summed E-state index contributed by atoms with van der Waals surface area (Å²) in [6.07, 6.45) is -5.03. The molecule has 9 heteroatoms. The summed E-state index contributed by atoms with van der Waals surface area (Å²) >= 11 is 0. The van der Waals surface area contributed by atoms with Gasteiger partial charge in [-0.3, -0.25) is 19.3 Å². The van der Waals surface area contributed by atoms with Gasteiger partial charge in [0, 0.05) is 11.1 Å². The number of hydrogen-bond acceptors (Lipinski definition) is 5. The van der Waals surface area contributed by atoms with E-state index < -0.39 is 40.4 Å². The van der Waals surface area contributed by atoms with Gasteiger partial charge in [-0.15, -0.1) is 0 Å². The van der Waals surface area contributed by atoms with Gasteiger partial charge in [0.2, 0.25) is 0 Å². The Hall–Kier alpha value is -3.36. The van der Waals surface area contributed by atoms with Crippen molar-refractivity contribution in [3.8, 4) is 0 Å². The monoisotopic (exact) mass is 473 g/mol. The molecule has 0 unspecified atom stereocenters. The van der Waals surface area contributed by atoms with Crippen molar-refractivity contribution in [2.75, 3.05) is 19.1 Å². The molecule has 1 spiro atoms. The molecule has 1 amide bonds. The van der Waals surface area contributed by atoms with E-state index >= 15 is 0 Å². The predicted octanol–water partition coefficient (Wildman–Crippen LogP) is 3.87. The number of fused-ring (bicyclic) bond motifs is 1. The van der Waals surface area contributed by atoms with E-state index in [0.717, 1.165) is 19.1 Å². The lowest BCUT2D eigenvalue weighted by atomic mass is 9.46. The summed E-state index contributed by atoms with van der Waals surface area (Å²) in [5, 5.41) is 0. The van der Waals surface area contributed by atoms with Crippen LogP contribution in [0.1, 0.15) is 30.4 Å². The molecule has 3 aliphatic rings. The van der Waals surface area contributed by atoms with Crippen LogP contribution in [0.5, 0.6) is 0 Å². The zero-order chi connectivity index (χ0) is 24.5. The van der Waals surface area contributed by atoms with Crippen molar-refractivity contribution in [3.05, 3.63) is 65.7 Å². The van der Waals surface area contributed by atoms with Gasteiger partial charge in [-0.2, -0.15) is 13.2 Å². The largest absolute Gasteiger partial charge is 0.471 e. The third-order valence-corrected chi connectivity index (χ3v) is 8.01. The van der Waals surface area contributed by atoms with E-state index in [4.69, 9.17) is 9.47 Å². The average Bonchev–Trinajstić information content (AvgIpc) is 3.22. The number of methoxy groups -OCH3 is 2. The average molecular weight is 473 g/mol. The Balaban J connectivity index is 1.81. The predicted molar refractivity (Wildman–Crippen MR) is 114 cm³/mol. The molecule has 2 aromatic rings. The first-order chi connectivity index (χ1) is 16.1. The van der Waals surface area contributed by atoms with Crippen molar-refractivity contribution in [2.45, 2.75) is 36.4 Å². The maximum atomic E-state index is 13.9. The Kier molecular flexibility index (Phi) is 4.66. The first kappa shape index (κ1) is 22.4. The molecule has 2 fully saturated rings. The summed E-state index contributed by atoms with van der Waals surface area (Å²) in [6, 6.07) is 15.0. The SMILES string of the molecule is COC(=O)C1(C(=O)OC)C[C@@H]2C[C@@]3(c4ccccc4)N(C(=O)C(F)(F)F)c4ccccc4[C@@]23C1. The summed E-state index contributed by atoms with van der Waals surface area (Å²) in [6.45, 7) is 0. The zero-order valence-electron chi connectivity index (χ0n) is 18.5. The second-order valence-electron chi connectivity index (χ2n) is 9.20. The number of amides is 1. The van der Waals surface area contributed by atoms with Crippen molar-refractivity contribution in [1.29, 1.82) is 0 Å². The van der Waals surface area contributed by atoms with Crippen molar-refractivity contribution < 1.29 is 37.0 Å². The van der Waals surface area contributed by atoms with Crippen molar-refractivity contribution in [2.24, 2.45) is 11.3 Å². The first-order valence-corrected chi connectivity index (χ1v) is 10.8. The number of hydrogen-bond donors (Lipinski definition) is 0. The number of carbonyl (C=O) groups is 3. The second-order valence-corrected chi connectivity index (χ2v) is 9.20. The highest BCUT2D eigenvalue weighted by Gasteiger charge is 2.82. The van der Waals surface area contributed by atoms with E-state index in [1.165, 1.54) is 6.07 Å². The molecule has 3 atom stereocenters. The normalized spacial score (nSPS) is 28.3. The van der Waals surface area contributed by atoms with Gasteiger partial charge in [-0.25, -0.2) is 0 Å². The molecule has 2 aromatic carbocycles. The minimum absolute atomic E-state index is 0.0588. The van der Waals surface area contributed by atoms with Crippen LogP contribution >= 0.6 is 0 Å². The van der Waals surface area contributed by atoms with Gasteiger partial charge >= 0.3 is 24.0 Å². The van der Waals surface area contributed by atoms with Crippen molar-refractivity contribution in [1.82, 2.24) is 0 Å². The number of anilines is 1. The number of ether oxygens (including phenoxy) is 2. The van der Waals surface area contributed by atoms with E-state index in [2.05, 4.69) is 0 Å². The Morgan fingerprint density at radius 1 is 0.912 bits per heavy atom. The van der Waals surface area contributed by atoms with E-state index in [1.807, 2.05) is 0 Å². The summed E-state index contributed by atoms with van der Waals surface area (Å²) in [7, 11) is 2.33. The van der Waals surface area contributed by atoms with Crippen LogP contribution in [0.4, 0.5) is 18.9 Å². The van der Waals surface area contributed by atoms with Crippen LogP contribution in [0.25, 0.3) is 0 Å². The molecule has 0 N–H and O–H groups in total. The number of alkyl halides is 3. The lowest BCUT2D eigenvalue weighted by molar-refractivity contribution is -0.174. The van der Waals surface area contributed by atoms with E-state index in [-0.39, 0.29) is 30.9 Å². The molecule has 0 radical (unpaired) electrons. The molecule has 1 heterocycles. The quantitative estimate of drug-likeness (QED) is 0.500. The van der Waals surface area contributed by atoms with E-state index in [9.17, 15) is 27.6 Å². The summed E-state index contributed by atoms with van der Waals surface area (Å²) < 4.78 is 51.7. The van der Waals surface area contributed by atoms with Gasteiger partial charge in [0.05, 0.1) is 19.8 Å². The summed E-state index contributed by atoms with van der Waals surface area (Å²) in [5.74, 6) is -3.91. The Labute approximate surface area is 193 Å². The first-order valence-electron chi connectivity index (χ1n) is 10.8. The van der Waals surface area contributed by atoms with Gasteiger partial charge in [0.25, 0.3) is 0 Å². The van der Waals surface area contributed by atoms with E-state index in [1.54, 1.807) is 48.5 Å². The van der Waals surface area contributed by atoms with Crippen LogP contribution in [0, 0.1) is 11.3 Å². The van der Waals surface area contributed by atoms with Gasteiger partial charge in [-0.05, 0) is 42.4 Å². The second kappa shape index (κ2) is 7.07. The van der Waals surface area contributed by atoms with Gasteiger partial charge in [-0.1, -0.05) is 48.5 Å². The van der Waals surface area contributed by atoms with Crippen LogP contribution in [0.3, 0.4) is 0 Å². The Morgan fingerprint density at radius 2 is 1.50 bits per heavy atom. The zero-order valence-corrected chi connectivity index (χ0v) is 18.5. The van der Waals surface area contributed by atoms with Crippen LogP contribution in [0.15, 0.2) is 54.6 Å². The number of carbonyl (C=O) groups excluding carboxylic acids is 3. The number of rotatable bonds is 3. The number of esters is 2. The minimum Gasteiger partial charge on any atom is -0.468 e. The molecule has 34 heavy (non-hydrogen) atoms. The molecule has 6 nitrogen and oxygen atoms in total. The van der Waals surface area contributed by atoms with Gasteiger partial charge < -0.3 is 9.47 Å². The van der Waals surface area contributed by atoms with Crippen molar-refractivity contribution in [3.63, 3.8) is 0 Å². The lowest BCUT2D eigenvalue weighted by Gasteiger charge is -2.61. The van der Waals surface area contributed by atoms with Gasteiger partial charge in [0.15, 0.2) is 5.41 Å². The number of halogens is 3. The fourth-order valence-electron chi connectivity index (χ4n) is 6.92. The highest BCUT2D eigenvalue weighted by Crippen LogP contribution is 2.78. The summed E-state index contributed by atoms with van der Waals surface area (Å²) in [4.78, 5) is 39.8. The van der Waals surface area contributed by atoms with Crippen molar-refractivity contribution >= 4 is 23.5 Å².